The number of β-lactam (4-membered cyclic amide) rings is 1. The monoisotopic (exact) mass is 485 g/mol. The molecular weight excluding hydrogens is 450 g/mol. The summed E-state index contributed by atoms with van der Waals surface area (Å²) in [4.78, 5) is 14.6. The molecule has 0 radical (unpaired) electrons. The lowest BCUT2D eigenvalue weighted by molar-refractivity contribution is -0.118. The molecule has 1 atom stereocenters. The van der Waals surface area contributed by atoms with E-state index in [1.165, 1.54) is 0 Å². The normalized spacial score (nSPS) is 16.1. The van der Waals surface area contributed by atoms with E-state index in [1.54, 1.807) is 45.5 Å². The molecule has 2 aromatic carbocycles. The Morgan fingerprint density at radius 3 is 1.88 bits per heavy atom. The van der Waals surface area contributed by atoms with Crippen LogP contribution in [0.2, 0.25) is 18.1 Å². The highest BCUT2D eigenvalue weighted by Crippen LogP contribution is 2.49. The molecule has 0 saturated carbocycles. The van der Waals surface area contributed by atoms with Crippen LogP contribution in [0.15, 0.2) is 42.5 Å². The first-order valence-corrected chi connectivity index (χ1v) is 14.0. The Bertz CT molecular complexity index is 1080. The summed E-state index contributed by atoms with van der Waals surface area (Å²) >= 11 is 0. The number of carbonyl (C=O) groups is 1. The number of hydrogen-bond donors (Lipinski definition) is 0. The van der Waals surface area contributed by atoms with Crippen molar-refractivity contribution in [2.24, 2.45) is 0 Å². The second-order valence-corrected chi connectivity index (χ2v) is 14.5. The van der Waals surface area contributed by atoms with E-state index in [1.807, 2.05) is 18.2 Å². The minimum Gasteiger partial charge on any atom is -0.541 e. The molecule has 1 aliphatic rings. The van der Waals surface area contributed by atoms with E-state index in [4.69, 9.17) is 23.4 Å². The molecule has 34 heavy (non-hydrogen) atoms. The summed E-state index contributed by atoms with van der Waals surface area (Å²) < 4.78 is 28.5. The summed E-state index contributed by atoms with van der Waals surface area (Å²) in [7, 11) is 4.14. The van der Waals surface area contributed by atoms with Gasteiger partial charge in [-0.15, -0.1) is 0 Å². The number of anilines is 1. The van der Waals surface area contributed by atoms with Crippen molar-refractivity contribution in [1.82, 2.24) is 0 Å². The van der Waals surface area contributed by atoms with Gasteiger partial charge in [0.1, 0.15) is 5.75 Å². The lowest BCUT2D eigenvalue weighted by Gasteiger charge is -2.43. The van der Waals surface area contributed by atoms with Crippen molar-refractivity contribution in [3.05, 3.63) is 48.0 Å². The highest BCUT2D eigenvalue weighted by molar-refractivity contribution is 6.74. The number of carbonyl (C=O) groups excluding carboxylic acids is 1. The van der Waals surface area contributed by atoms with Crippen LogP contribution in [0, 0.1) is 0 Å². The quantitative estimate of drug-likeness (QED) is 0.269. The summed E-state index contributed by atoms with van der Waals surface area (Å²) in [6.45, 7) is 15.0. The average Bonchev–Trinajstić information content (AvgIpc) is 2.79. The smallest absolute Gasteiger partial charge is 0.256 e. The third-order valence-corrected chi connectivity index (χ3v) is 11.0. The molecule has 8 heteroatoms. The molecule has 1 saturated heterocycles. The van der Waals surface area contributed by atoms with E-state index < -0.39 is 8.32 Å². The van der Waals surface area contributed by atoms with Gasteiger partial charge in [0.15, 0.2) is 17.2 Å². The molecule has 0 aromatic heterocycles. The van der Waals surface area contributed by atoms with E-state index in [0.29, 0.717) is 40.0 Å². The predicted molar refractivity (Wildman–Crippen MR) is 136 cm³/mol. The van der Waals surface area contributed by atoms with Gasteiger partial charge >= 0.3 is 0 Å². The van der Waals surface area contributed by atoms with Crippen LogP contribution in [0.4, 0.5) is 5.69 Å². The van der Waals surface area contributed by atoms with Gasteiger partial charge in [0.25, 0.3) is 14.2 Å². The van der Waals surface area contributed by atoms with E-state index >= 15 is 0 Å². The molecule has 1 aliphatic heterocycles. The molecule has 7 nitrogen and oxygen atoms in total. The molecule has 1 fully saturated rings. The maximum Gasteiger partial charge on any atom is 0.256 e. The standard InChI is InChI=1S/C26H35NO6Si/c1-16-23(17-11-12-19(29-5)20(13-17)33-34(9,10)26(2,3)4)27(25(16)28)18-14-21(30-6)24(32-8)22(15-18)31-7/h11-15,23H,1H2,2-10H3/t23-/m1/s1. The Morgan fingerprint density at radius 2 is 1.41 bits per heavy atom. The molecule has 0 N–H and O–H groups in total. The number of rotatable bonds is 8. The molecule has 0 unspecified atom stereocenters. The Hall–Kier alpha value is -3.13. The molecule has 1 amide bonds. The molecule has 0 aliphatic carbocycles. The Kier molecular flexibility index (Phi) is 6.94. The van der Waals surface area contributed by atoms with Crippen LogP contribution in [-0.4, -0.2) is 42.7 Å². The fourth-order valence-electron chi connectivity index (χ4n) is 3.67. The minimum atomic E-state index is -2.12. The summed E-state index contributed by atoms with van der Waals surface area (Å²) in [5, 5.41) is 0.0201. The molecule has 0 bridgehead atoms. The summed E-state index contributed by atoms with van der Waals surface area (Å²) in [5.74, 6) is 2.57. The van der Waals surface area contributed by atoms with Gasteiger partial charge in [-0.1, -0.05) is 33.4 Å². The van der Waals surface area contributed by atoms with Gasteiger partial charge in [-0.25, -0.2) is 0 Å². The highest BCUT2D eigenvalue weighted by Gasteiger charge is 2.44. The predicted octanol–water partition coefficient (Wildman–Crippen LogP) is 5.75. The maximum absolute atomic E-state index is 12.9. The lowest BCUT2D eigenvalue weighted by atomic mass is 9.88. The Labute approximate surface area is 203 Å². The second kappa shape index (κ2) is 9.25. The van der Waals surface area contributed by atoms with E-state index in [9.17, 15) is 4.79 Å². The zero-order valence-corrected chi connectivity index (χ0v) is 22.6. The van der Waals surface area contributed by atoms with Crippen LogP contribution in [-0.2, 0) is 4.79 Å². The fourth-order valence-corrected chi connectivity index (χ4v) is 4.69. The van der Waals surface area contributed by atoms with Crippen LogP contribution >= 0.6 is 0 Å². The zero-order chi connectivity index (χ0) is 25.4. The van der Waals surface area contributed by atoms with Gasteiger partial charge in [-0.3, -0.25) is 9.69 Å². The van der Waals surface area contributed by atoms with Crippen LogP contribution in [0.3, 0.4) is 0 Å². The van der Waals surface area contributed by atoms with E-state index in [-0.39, 0.29) is 17.0 Å². The summed E-state index contributed by atoms with van der Waals surface area (Å²) in [6.07, 6.45) is 0. The van der Waals surface area contributed by atoms with E-state index in [0.717, 1.165) is 5.56 Å². The number of hydrogen-bond acceptors (Lipinski definition) is 6. The summed E-state index contributed by atoms with van der Waals surface area (Å²) in [6, 6.07) is 8.92. The van der Waals surface area contributed by atoms with Gasteiger partial charge in [0.2, 0.25) is 5.75 Å². The van der Waals surface area contributed by atoms with Crippen LogP contribution in [0.5, 0.6) is 28.7 Å². The zero-order valence-electron chi connectivity index (χ0n) is 21.6. The summed E-state index contributed by atoms with van der Waals surface area (Å²) in [5.41, 5.74) is 2.00. The van der Waals surface area contributed by atoms with Crippen molar-refractivity contribution in [3.63, 3.8) is 0 Å². The number of methoxy groups -OCH3 is 4. The van der Waals surface area contributed by atoms with E-state index in [2.05, 4.69) is 40.4 Å². The second-order valence-electron chi connectivity index (χ2n) is 9.76. The molecular formula is C26H35NO6Si. The molecule has 1 heterocycles. The van der Waals surface area contributed by atoms with Crippen molar-refractivity contribution in [2.75, 3.05) is 33.3 Å². The number of nitrogens with zero attached hydrogens (tertiary/aromatic N) is 1. The maximum atomic E-state index is 12.9. The van der Waals surface area contributed by atoms with Gasteiger partial charge in [0, 0.05) is 17.7 Å². The lowest BCUT2D eigenvalue weighted by Crippen LogP contribution is -2.49. The molecule has 0 spiro atoms. The Morgan fingerprint density at radius 1 is 0.853 bits per heavy atom. The first-order valence-electron chi connectivity index (χ1n) is 11.1. The number of amides is 1. The largest absolute Gasteiger partial charge is 0.541 e. The number of benzene rings is 2. The average molecular weight is 486 g/mol. The minimum absolute atomic E-state index is 0.0201. The Balaban J connectivity index is 2.06. The third-order valence-electron chi connectivity index (χ3n) is 6.68. The van der Waals surface area contributed by atoms with Crippen molar-refractivity contribution in [3.8, 4) is 28.7 Å². The fraction of sp³-hybridized carbons (Fsp3) is 0.423. The van der Waals surface area contributed by atoms with Gasteiger partial charge in [-0.2, -0.15) is 0 Å². The van der Waals surface area contributed by atoms with Crippen LogP contribution < -0.4 is 28.3 Å². The first-order chi connectivity index (χ1) is 15.9. The highest BCUT2D eigenvalue weighted by atomic mass is 28.4. The molecule has 2 aromatic rings. The van der Waals surface area contributed by atoms with Gasteiger partial charge < -0.3 is 23.4 Å². The van der Waals surface area contributed by atoms with Crippen molar-refractivity contribution in [1.29, 1.82) is 0 Å². The van der Waals surface area contributed by atoms with Gasteiger partial charge in [0.05, 0.1) is 40.2 Å². The topological polar surface area (TPSA) is 66.5 Å². The van der Waals surface area contributed by atoms with Crippen molar-refractivity contribution < 1.29 is 28.2 Å². The number of ether oxygens (including phenoxy) is 4. The third kappa shape index (κ3) is 4.34. The molecule has 3 rings (SSSR count). The van der Waals surface area contributed by atoms with Crippen molar-refractivity contribution >= 4 is 19.9 Å². The molecule has 184 valence electrons. The first kappa shape index (κ1) is 25.5. The SMILES string of the molecule is C=C1C(=O)N(c2cc(OC)c(OC)c(OC)c2)[C@H]1c1ccc(OC)c(O[Si](C)(C)C(C)(C)C)c1. The van der Waals surface area contributed by atoms with Crippen molar-refractivity contribution in [2.45, 2.75) is 44.9 Å². The van der Waals surface area contributed by atoms with Crippen LogP contribution in [0.1, 0.15) is 32.4 Å². The van der Waals surface area contributed by atoms with Gasteiger partial charge in [-0.05, 0) is 35.8 Å². The van der Waals surface area contributed by atoms with Crippen LogP contribution in [0.25, 0.3) is 0 Å².